The van der Waals surface area contributed by atoms with Crippen molar-refractivity contribution in [2.24, 2.45) is 5.73 Å². The summed E-state index contributed by atoms with van der Waals surface area (Å²) in [4.78, 5) is 17.9. The van der Waals surface area contributed by atoms with Gasteiger partial charge in [-0.1, -0.05) is 12.8 Å². The molecule has 0 radical (unpaired) electrons. The van der Waals surface area contributed by atoms with Gasteiger partial charge in [-0.15, -0.1) is 12.4 Å². The van der Waals surface area contributed by atoms with Crippen molar-refractivity contribution in [3.8, 4) is 0 Å². The second-order valence-corrected chi connectivity index (χ2v) is 4.91. The largest absolute Gasteiger partial charge is 0.339 e. The summed E-state index contributed by atoms with van der Waals surface area (Å²) in [5.74, 6) is 0.206. The summed E-state index contributed by atoms with van der Waals surface area (Å²) in [6.07, 6.45) is 8.35. The van der Waals surface area contributed by atoms with Crippen LogP contribution in [0.2, 0.25) is 0 Å². The van der Waals surface area contributed by atoms with Crippen molar-refractivity contribution in [3.63, 3.8) is 0 Å². The van der Waals surface area contributed by atoms with Crippen LogP contribution in [0.4, 0.5) is 0 Å². The maximum atomic E-state index is 12.1. The lowest BCUT2D eigenvalue weighted by Crippen LogP contribution is -2.29. The van der Waals surface area contributed by atoms with Crippen LogP contribution in [-0.4, -0.2) is 29.4 Å². The van der Waals surface area contributed by atoms with Gasteiger partial charge in [0.2, 0.25) is 5.91 Å². The molecule has 1 unspecified atom stereocenters. The second-order valence-electron chi connectivity index (χ2n) is 4.91. The summed E-state index contributed by atoms with van der Waals surface area (Å²) in [7, 11) is 1.87. The number of amides is 1. The molecule has 0 aliphatic carbocycles. The lowest BCUT2D eigenvalue weighted by Gasteiger charge is -2.25. The van der Waals surface area contributed by atoms with Gasteiger partial charge in [0, 0.05) is 25.9 Å². The summed E-state index contributed by atoms with van der Waals surface area (Å²) in [5.41, 5.74) is 6.56. The smallest absolute Gasteiger partial charge is 0.222 e. The van der Waals surface area contributed by atoms with Crippen LogP contribution < -0.4 is 5.73 Å². The van der Waals surface area contributed by atoms with E-state index < -0.39 is 0 Å². The lowest BCUT2D eigenvalue weighted by atomic mass is 10.1. The molecule has 5 heteroatoms. The molecule has 1 atom stereocenters. The Morgan fingerprint density at radius 3 is 2.45 bits per heavy atom. The van der Waals surface area contributed by atoms with Gasteiger partial charge in [0.1, 0.15) is 0 Å². The molecule has 0 fully saturated rings. The highest BCUT2D eigenvalue weighted by Gasteiger charge is 2.16. The first-order valence-corrected chi connectivity index (χ1v) is 7.02. The van der Waals surface area contributed by atoms with Crippen molar-refractivity contribution < 1.29 is 4.79 Å². The minimum absolute atomic E-state index is 0. The van der Waals surface area contributed by atoms with Gasteiger partial charge in [0.05, 0.1) is 6.04 Å². The van der Waals surface area contributed by atoms with Crippen LogP contribution in [0.1, 0.15) is 50.6 Å². The molecular weight excluding hydrogens is 274 g/mol. The van der Waals surface area contributed by atoms with Gasteiger partial charge >= 0.3 is 0 Å². The fourth-order valence-corrected chi connectivity index (χ4v) is 2.03. The van der Waals surface area contributed by atoms with Gasteiger partial charge in [-0.2, -0.15) is 0 Å². The zero-order valence-electron chi connectivity index (χ0n) is 12.4. The zero-order chi connectivity index (χ0) is 14.1. The molecule has 0 aliphatic rings. The van der Waals surface area contributed by atoms with E-state index in [-0.39, 0.29) is 24.4 Å². The molecule has 0 saturated carbocycles. The highest BCUT2D eigenvalue weighted by atomic mass is 35.5. The number of hydrogen-bond acceptors (Lipinski definition) is 3. The molecule has 2 N–H and O–H groups in total. The van der Waals surface area contributed by atoms with Crippen molar-refractivity contribution >= 4 is 18.3 Å². The molecule has 20 heavy (non-hydrogen) atoms. The Bertz CT molecular complexity index is 373. The summed E-state index contributed by atoms with van der Waals surface area (Å²) < 4.78 is 0. The minimum Gasteiger partial charge on any atom is -0.339 e. The van der Waals surface area contributed by atoms with Crippen LogP contribution in [0.3, 0.4) is 0 Å². The average molecular weight is 300 g/mol. The molecule has 4 nitrogen and oxygen atoms in total. The third-order valence-electron chi connectivity index (χ3n) is 3.51. The number of nitrogens with zero attached hydrogens (tertiary/aromatic N) is 2. The van der Waals surface area contributed by atoms with Crippen molar-refractivity contribution in [1.82, 2.24) is 9.88 Å². The van der Waals surface area contributed by atoms with E-state index in [0.29, 0.717) is 6.42 Å². The van der Waals surface area contributed by atoms with E-state index in [1.54, 1.807) is 12.4 Å². The first kappa shape index (κ1) is 18.9. The molecular formula is C15H26ClN3O. The Balaban J connectivity index is 0.00000361. The van der Waals surface area contributed by atoms with E-state index in [1.165, 1.54) is 0 Å². The first-order chi connectivity index (χ1) is 9.16. The molecule has 1 heterocycles. The Kier molecular flexibility index (Phi) is 10.0. The maximum absolute atomic E-state index is 12.1. The zero-order valence-corrected chi connectivity index (χ0v) is 13.2. The summed E-state index contributed by atoms with van der Waals surface area (Å²) >= 11 is 0. The Morgan fingerprint density at radius 2 is 1.85 bits per heavy atom. The number of rotatable bonds is 8. The SMILES string of the molecule is CC(c1ccncc1)N(C)C(=O)CCCCCCN.Cl. The minimum atomic E-state index is 0. The van der Waals surface area contributed by atoms with Crippen LogP contribution in [0.25, 0.3) is 0 Å². The van der Waals surface area contributed by atoms with Gasteiger partial charge in [-0.25, -0.2) is 0 Å². The van der Waals surface area contributed by atoms with Gasteiger partial charge in [0.25, 0.3) is 0 Å². The molecule has 0 bridgehead atoms. The summed E-state index contributed by atoms with van der Waals surface area (Å²) in [6, 6.07) is 4.00. The number of halogens is 1. The van der Waals surface area contributed by atoms with Crippen LogP contribution >= 0.6 is 12.4 Å². The second kappa shape index (κ2) is 10.6. The topological polar surface area (TPSA) is 59.2 Å². The molecule has 1 aromatic heterocycles. The molecule has 1 amide bonds. The highest BCUT2D eigenvalue weighted by molar-refractivity contribution is 5.85. The average Bonchev–Trinajstić information content (AvgIpc) is 2.46. The summed E-state index contributed by atoms with van der Waals surface area (Å²) in [5, 5.41) is 0. The molecule has 0 aliphatic heterocycles. The number of carbonyl (C=O) groups is 1. The normalized spacial score (nSPS) is 11.6. The van der Waals surface area contributed by atoms with E-state index in [9.17, 15) is 4.79 Å². The van der Waals surface area contributed by atoms with E-state index >= 15 is 0 Å². The lowest BCUT2D eigenvalue weighted by molar-refractivity contribution is -0.131. The molecule has 114 valence electrons. The van der Waals surface area contributed by atoms with Crippen LogP contribution in [0.15, 0.2) is 24.5 Å². The van der Waals surface area contributed by atoms with Crippen molar-refractivity contribution in [2.45, 2.75) is 45.1 Å². The predicted octanol–water partition coefficient (Wildman–Crippen LogP) is 2.93. The van der Waals surface area contributed by atoms with Crippen molar-refractivity contribution in [3.05, 3.63) is 30.1 Å². The molecule has 1 aromatic rings. The van der Waals surface area contributed by atoms with Gasteiger partial charge in [-0.05, 0) is 44.0 Å². The summed E-state index contributed by atoms with van der Waals surface area (Å²) in [6.45, 7) is 2.79. The van der Waals surface area contributed by atoms with Gasteiger partial charge in [-0.3, -0.25) is 9.78 Å². The van der Waals surface area contributed by atoms with E-state index in [0.717, 1.165) is 37.8 Å². The Hall–Kier alpha value is -1.13. The van der Waals surface area contributed by atoms with E-state index in [1.807, 2.05) is 31.0 Å². The standard InChI is InChI=1S/C15H25N3O.ClH/c1-13(14-8-11-17-12-9-14)18(2)15(19)7-5-3-4-6-10-16;/h8-9,11-13H,3-7,10,16H2,1-2H3;1H. The van der Waals surface area contributed by atoms with E-state index in [2.05, 4.69) is 4.98 Å². The predicted molar refractivity (Wildman–Crippen MR) is 84.8 cm³/mol. The van der Waals surface area contributed by atoms with Crippen LogP contribution in [0.5, 0.6) is 0 Å². The van der Waals surface area contributed by atoms with Crippen LogP contribution in [0, 0.1) is 0 Å². The van der Waals surface area contributed by atoms with Crippen molar-refractivity contribution in [1.29, 1.82) is 0 Å². The first-order valence-electron chi connectivity index (χ1n) is 7.02. The molecule has 0 spiro atoms. The Labute approximate surface area is 128 Å². The third kappa shape index (κ3) is 6.35. The number of hydrogen-bond donors (Lipinski definition) is 1. The number of aromatic nitrogens is 1. The molecule has 0 saturated heterocycles. The third-order valence-corrected chi connectivity index (χ3v) is 3.51. The van der Waals surface area contributed by atoms with Crippen LogP contribution in [-0.2, 0) is 4.79 Å². The number of carbonyl (C=O) groups excluding carboxylic acids is 1. The fourth-order valence-electron chi connectivity index (χ4n) is 2.03. The molecule has 1 rings (SSSR count). The molecule has 0 aromatic carbocycles. The maximum Gasteiger partial charge on any atom is 0.222 e. The quantitative estimate of drug-likeness (QED) is 0.751. The monoisotopic (exact) mass is 299 g/mol. The van der Waals surface area contributed by atoms with Crippen molar-refractivity contribution in [2.75, 3.05) is 13.6 Å². The highest BCUT2D eigenvalue weighted by Crippen LogP contribution is 2.19. The number of nitrogens with two attached hydrogens (primary N) is 1. The fraction of sp³-hybridized carbons (Fsp3) is 0.600. The number of pyridine rings is 1. The van der Waals surface area contributed by atoms with Gasteiger partial charge in [0.15, 0.2) is 0 Å². The Morgan fingerprint density at radius 1 is 1.25 bits per heavy atom. The van der Waals surface area contributed by atoms with Gasteiger partial charge < -0.3 is 10.6 Å². The van der Waals surface area contributed by atoms with E-state index in [4.69, 9.17) is 5.73 Å². The number of unbranched alkanes of at least 4 members (excludes halogenated alkanes) is 3.